The first-order valence-electron chi connectivity index (χ1n) is 10.5. The maximum Gasteiger partial charge on any atom is 0.306 e. The first-order chi connectivity index (χ1) is 15.8. The van der Waals surface area contributed by atoms with E-state index >= 15 is 0 Å². The fraction of sp³-hybridized carbons (Fsp3) is 0.348. The summed E-state index contributed by atoms with van der Waals surface area (Å²) in [6, 6.07) is 9.26. The van der Waals surface area contributed by atoms with Crippen LogP contribution >= 0.6 is 0 Å². The number of rotatable bonds is 13. The van der Waals surface area contributed by atoms with Crippen LogP contribution in [0.2, 0.25) is 0 Å². The third-order valence-electron chi connectivity index (χ3n) is 4.55. The van der Waals surface area contributed by atoms with E-state index < -0.39 is 40.6 Å². The molecule has 2 aromatic carbocycles. The highest BCUT2D eigenvalue weighted by Gasteiger charge is 2.15. The van der Waals surface area contributed by atoms with Crippen LogP contribution in [0.3, 0.4) is 0 Å². The summed E-state index contributed by atoms with van der Waals surface area (Å²) in [5, 5.41) is 12.8. The number of nitro benzene ring substituents is 1. The number of unbranched alkanes of at least 4 members (excludes halogenated alkanes) is 2. The van der Waals surface area contributed by atoms with Crippen LogP contribution in [0, 0.1) is 15.9 Å². The van der Waals surface area contributed by atoms with E-state index in [0.717, 1.165) is 37.5 Å². The highest BCUT2D eigenvalue weighted by atomic mass is 19.1. The van der Waals surface area contributed by atoms with Gasteiger partial charge >= 0.3 is 5.97 Å². The van der Waals surface area contributed by atoms with E-state index in [9.17, 15) is 28.9 Å². The molecule has 0 aliphatic carbocycles. The summed E-state index contributed by atoms with van der Waals surface area (Å²) < 4.78 is 24.1. The summed E-state index contributed by atoms with van der Waals surface area (Å²) in [5.74, 6) is -2.14. The Morgan fingerprint density at radius 2 is 1.79 bits per heavy atom. The number of ketones is 1. The molecule has 2 rings (SSSR count). The Hall–Kier alpha value is -3.82. The maximum absolute atomic E-state index is 13.7. The maximum atomic E-state index is 13.7. The molecule has 9 nitrogen and oxygen atoms in total. The molecule has 0 bridgehead atoms. The van der Waals surface area contributed by atoms with Crippen LogP contribution < -0.4 is 10.1 Å². The second-order valence-corrected chi connectivity index (χ2v) is 7.13. The quantitative estimate of drug-likeness (QED) is 0.154. The first kappa shape index (κ1) is 25.4. The Labute approximate surface area is 190 Å². The van der Waals surface area contributed by atoms with Crippen LogP contribution in [0.4, 0.5) is 15.8 Å². The molecule has 1 amide bonds. The second-order valence-electron chi connectivity index (χ2n) is 7.13. The predicted octanol–water partition coefficient (Wildman–Crippen LogP) is 4.45. The topological polar surface area (TPSA) is 125 Å². The Morgan fingerprint density at radius 3 is 2.45 bits per heavy atom. The van der Waals surface area contributed by atoms with Gasteiger partial charge in [0.2, 0.25) is 0 Å². The lowest BCUT2D eigenvalue weighted by molar-refractivity contribution is -0.384. The minimum absolute atomic E-state index is 0.114. The highest BCUT2D eigenvalue weighted by Crippen LogP contribution is 2.21. The Kier molecular flexibility index (Phi) is 9.94. The number of carbonyl (C=O) groups excluding carboxylic acids is 3. The van der Waals surface area contributed by atoms with Crippen LogP contribution in [0.5, 0.6) is 5.75 Å². The van der Waals surface area contributed by atoms with E-state index in [1.807, 2.05) is 0 Å². The zero-order valence-corrected chi connectivity index (χ0v) is 18.2. The van der Waals surface area contributed by atoms with Crippen molar-refractivity contribution in [3.8, 4) is 5.75 Å². The van der Waals surface area contributed by atoms with E-state index in [4.69, 9.17) is 9.47 Å². The molecule has 176 valence electrons. The van der Waals surface area contributed by atoms with Gasteiger partial charge in [-0.05, 0) is 36.8 Å². The monoisotopic (exact) mass is 460 g/mol. The van der Waals surface area contributed by atoms with Crippen molar-refractivity contribution in [3.05, 3.63) is 64.0 Å². The number of carbonyl (C=O) groups is 3. The van der Waals surface area contributed by atoms with E-state index in [1.54, 1.807) is 24.3 Å². The van der Waals surface area contributed by atoms with Gasteiger partial charge in [0.25, 0.3) is 11.6 Å². The van der Waals surface area contributed by atoms with E-state index in [-0.39, 0.29) is 18.6 Å². The number of ether oxygens (including phenoxy) is 2. The standard InChI is InChI=1S/C23H25FN2O7/c1-2-3-4-13-32-18-8-5-16(6-9-18)21(27)11-12-23(29)33-15-22(28)25-20-14-17(26(30)31)7-10-19(20)24/h5-10,14H,2-4,11-13,15H2,1H3,(H,25,28). The lowest BCUT2D eigenvalue weighted by Crippen LogP contribution is -2.21. The summed E-state index contributed by atoms with van der Waals surface area (Å²) >= 11 is 0. The Bertz CT molecular complexity index is 993. The zero-order chi connectivity index (χ0) is 24.2. The van der Waals surface area contributed by atoms with Gasteiger partial charge in [-0.25, -0.2) is 4.39 Å². The van der Waals surface area contributed by atoms with E-state index in [1.165, 1.54) is 0 Å². The number of hydrogen-bond donors (Lipinski definition) is 1. The van der Waals surface area contributed by atoms with Gasteiger partial charge in [0.05, 0.1) is 23.6 Å². The van der Waals surface area contributed by atoms with Crippen molar-refractivity contribution >= 4 is 29.0 Å². The van der Waals surface area contributed by atoms with Crippen molar-refractivity contribution in [2.24, 2.45) is 0 Å². The van der Waals surface area contributed by atoms with Gasteiger partial charge in [-0.2, -0.15) is 0 Å². The lowest BCUT2D eigenvalue weighted by atomic mass is 10.1. The average molecular weight is 460 g/mol. The van der Waals surface area contributed by atoms with Crippen LogP contribution in [-0.4, -0.2) is 35.8 Å². The number of amides is 1. The summed E-state index contributed by atoms with van der Waals surface area (Å²) in [6.07, 6.45) is 2.78. The molecule has 0 saturated heterocycles. The number of nitrogens with zero attached hydrogens (tertiary/aromatic N) is 1. The number of hydrogen-bond acceptors (Lipinski definition) is 7. The average Bonchev–Trinajstić information content (AvgIpc) is 2.80. The molecular formula is C23H25FN2O7. The van der Waals surface area contributed by atoms with Gasteiger partial charge in [0.15, 0.2) is 12.4 Å². The van der Waals surface area contributed by atoms with Crippen molar-refractivity contribution in [1.29, 1.82) is 0 Å². The fourth-order valence-corrected chi connectivity index (χ4v) is 2.77. The molecule has 0 saturated carbocycles. The number of anilines is 1. The molecule has 33 heavy (non-hydrogen) atoms. The van der Waals surface area contributed by atoms with Gasteiger partial charge in [-0.1, -0.05) is 19.8 Å². The van der Waals surface area contributed by atoms with Crippen molar-refractivity contribution in [2.75, 3.05) is 18.5 Å². The van der Waals surface area contributed by atoms with E-state index in [2.05, 4.69) is 12.2 Å². The molecule has 1 N–H and O–H groups in total. The molecule has 0 heterocycles. The number of esters is 1. The molecule has 0 aliphatic heterocycles. The molecule has 10 heteroatoms. The van der Waals surface area contributed by atoms with Gasteiger partial charge in [-0.15, -0.1) is 0 Å². The van der Waals surface area contributed by atoms with Gasteiger partial charge in [0.1, 0.15) is 11.6 Å². The highest BCUT2D eigenvalue weighted by molar-refractivity contribution is 5.98. The van der Waals surface area contributed by atoms with Crippen LogP contribution in [0.25, 0.3) is 0 Å². The number of Topliss-reactive ketones (excluding diaryl/α,β-unsaturated/α-hetero) is 1. The van der Waals surface area contributed by atoms with Crippen LogP contribution in [-0.2, 0) is 14.3 Å². The number of nitrogens with one attached hydrogen (secondary N) is 1. The molecule has 0 spiro atoms. The minimum atomic E-state index is -0.872. The van der Waals surface area contributed by atoms with Crippen molar-refractivity contribution in [3.63, 3.8) is 0 Å². The molecule has 0 atom stereocenters. The molecule has 0 radical (unpaired) electrons. The lowest BCUT2D eigenvalue weighted by Gasteiger charge is -2.08. The van der Waals surface area contributed by atoms with Crippen molar-refractivity contribution in [1.82, 2.24) is 0 Å². The van der Waals surface area contributed by atoms with E-state index in [0.29, 0.717) is 17.9 Å². The van der Waals surface area contributed by atoms with Gasteiger partial charge < -0.3 is 14.8 Å². The molecular weight excluding hydrogens is 435 g/mol. The molecule has 0 aromatic heterocycles. The third kappa shape index (κ3) is 8.68. The normalized spacial score (nSPS) is 10.4. The summed E-state index contributed by atoms with van der Waals surface area (Å²) in [6.45, 7) is 1.99. The number of nitro groups is 1. The molecule has 0 unspecified atom stereocenters. The molecule has 0 fully saturated rings. The van der Waals surface area contributed by atoms with Gasteiger partial charge in [0, 0.05) is 24.1 Å². The third-order valence-corrected chi connectivity index (χ3v) is 4.55. The van der Waals surface area contributed by atoms with Crippen molar-refractivity contribution in [2.45, 2.75) is 39.0 Å². The number of halogens is 1. The van der Waals surface area contributed by atoms with Crippen molar-refractivity contribution < 1.29 is 33.2 Å². The molecule has 0 aliphatic rings. The van der Waals surface area contributed by atoms with Gasteiger partial charge in [-0.3, -0.25) is 24.5 Å². The Balaban J connectivity index is 1.74. The summed E-state index contributed by atoms with van der Waals surface area (Å²) in [5.41, 5.74) is -0.390. The number of non-ortho nitro benzene ring substituents is 1. The summed E-state index contributed by atoms with van der Waals surface area (Å²) in [7, 11) is 0. The predicted molar refractivity (Wildman–Crippen MR) is 118 cm³/mol. The van der Waals surface area contributed by atoms with Crippen LogP contribution in [0.1, 0.15) is 49.4 Å². The van der Waals surface area contributed by atoms with Crippen LogP contribution in [0.15, 0.2) is 42.5 Å². The minimum Gasteiger partial charge on any atom is -0.494 e. The zero-order valence-electron chi connectivity index (χ0n) is 18.2. The summed E-state index contributed by atoms with van der Waals surface area (Å²) in [4.78, 5) is 45.9. The second kappa shape index (κ2) is 12.9. The first-order valence-corrected chi connectivity index (χ1v) is 10.5. The Morgan fingerprint density at radius 1 is 1.06 bits per heavy atom. The SMILES string of the molecule is CCCCCOc1ccc(C(=O)CCC(=O)OCC(=O)Nc2cc([N+](=O)[O-])ccc2F)cc1. The largest absolute Gasteiger partial charge is 0.494 e. The smallest absolute Gasteiger partial charge is 0.306 e. The number of benzene rings is 2. The fourth-order valence-electron chi connectivity index (χ4n) is 2.77. The molecule has 2 aromatic rings.